The SMILES string of the molecule is Cc1nn(Cc2ccccn2)c(C)c1C(C(=O)O)C(C)(C)C. The van der Waals surface area contributed by atoms with Gasteiger partial charge in [0, 0.05) is 17.5 Å². The third kappa shape index (κ3) is 3.18. The lowest BCUT2D eigenvalue weighted by Crippen LogP contribution is -2.27. The molecule has 0 radical (unpaired) electrons. The van der Waals surface area contributed by atoms with Crippen LogP contribution < -0.4 is 0 Å². The molecular weight excluding hydrogens is 278 g/mol. The zero-order chi connectivity index (χ0) is 16.5. The maximum atomic E-state index is 11.8. The Morgan fingerprint density at radius 3 is 2.50 bits per heavy atom. The van der Waals surface area contributed by atoms with Crippen LogP contribution in [0.15, 0.2) is 24.4 Å². The van der Waals surface area contributed by atoms with Gasteiger partial charge in [0.1, 0.15) is 0 Å². The number of aliphatic carboxylic acids is 1. The van der Waals surface area contributed by atoms with Crippen molar-refractivity contribution in [3.05, 3.63) is 47.0 Å². The van der Waals surface area contributed by atoms with E-state index in [0.29, 0.717) is 6.54 Å². The number of rotatable bonds is 4. The van der Waals surface area contributed by atoms with Crippen LogP contribution in [-0.4, -0.2) is 25.8 Å². The number of hydrogen-bond donors (Lipinski definition) is 1. The third-order valence-electron chi connectivity index (χ3n) is 3.88. The Hall–Kier alpha value is -2.17. The van der Waals surface area contributed by atoms with Gasteiger partial charge in [-0.3, -0.25) is 14.5 Å². The lowest BCUT2D eigenvalue weighted by molar-refractivity contribution is -0.141. The van der Waals surface area contributed by atoms with Crippen molar-refractivity contribution >= 4 is 5.97 Å². The molecule has 2 rings (SSSR count). The third-order valence-corrected chi connectivity index (χ3v) is 3.88. The average molecular weight is 301 g/mol. The number of carbonyl (C=O) groups is 1. The summed E-state index contributed by atoms with van der Waals surface area (Å²) in [5, 5.41) is 14.2. The zero-order valence-corrected chi connectivity index (χ0v) is 13.8. The van der Waals surface area contributed by atoms with Crippen LogP contribution in [0.1, 0.15) is 49.3 Å². The molecule has 1 unspecified atom stereocenters. The fraction of sp³-hybridized carbons (Fsp3) is 0.471. The maximum absolute atomic E-state index is 11.8. The van der Waals surface area contributed by atoms with Crippen molar-refractivity contribution in [2.45, 2.75) is 47.1 Å². The van der Waals surface area contributed by atoms with E-state index < -0.39 is 11.9 Å². The van der Waals surface area contributed by atoms with Crippen LogP contribution in [-0.2, 0) is 11.3 Å². The zero-order valence-electron chi connectivity index (χ0n) is 13.8. The first-order chi connectivity index (χ1) is 10.2. The number of carboxylic acids is 1. The molecule has 0 aliphatic rings. The number of pyridine rings is 1. The molecule has 22 heavy (non-hydrogen) atoms. The summed E-state index contributed by atoms with van der Waals surface area (Å²) in [7, 11) is 0. The Morgan fingerprint density at radius 2 is 2.00 bits per heavy atom. The van der Waals surface area contributed by atoms with E-state index in [1.54, 1.807) is 6.20 Å². The number of hydrogen-bond acceptors (Lipinski definition) is 3. The predicted octanol–water partition coefficient (Wildman–Crippen LogP) is 3.16. The molecule has 0 aliphatic heterocycles. The van der Waals surface area contributed by atoms with Crippen LogP contribution in [0.25, 0.3) is 0 Å². The molecule has 5 heteroatoms. The van der Waals surface area contributed by atoms with Crippen molar-refractivity contribution in [2.24, 2.45) is 5.41 Å². The molecule has 5 nitrogen and oxygen atoms in total. The minimum Gasteiger partial charge on any atom is -0.481 e. The van der Waals surface area contributed by atoms with Crippen molar-refractivity contribution in [3.8, 4) is 0 Å². The molecule has 0 aromatic carbocycles. The molecule has 0 spiro atoms. The first kappa shape index (κ1) is 16.2. The van der Waals surface area contributed by atoms with Gasteiger partial charge in [0.25, 0.3) is 0 Å². The summed E-state index contributed by atoms with van der Waals surface area (Å²) < 4.78 is 1.84. The van der Waals surface area contributed by atoms with Gasteiger partial charge in [-0.2, -0.15) is 5.10 Å². The molecule has 118 valence electrons. The lowest BCUT2D eigenvalue weighted by Gasteiger charge is -2.27. The first-order valence-electron chi connectivity index (χ1n) is 7.38. The second-order valence-electron chi connectivity index (χ2n) is 6.70. The highest BCUT2D eigenvalue weighted by atomic mass is 16.4. The highest BCUT2D eigenvalue weighted by molar-refractivity contribution is 5.78. The Morgan fingerprint density at radius 1 is 1.32 bits per heavy atom. The Labute approximate surface area is 131 Å². The van der Waals surface area contributed by atoms with E-state index >= 15 is 0 Å². The van der Waals surface area contributed by atoms with Gasteiger partial charge in [-0.25, -0.2) is 0 Å². The van der Waals surface area contributed by atoms with Gasteiger partial charge in [-0.05, 0) is 31.4 Å². The van der Waals surface area contributed by atoms with Crippen molar-refractivity contribution < 1.29 is 9.90 Å². The van der Waals surface area contributed by atoms with Crippen LogP contribution in [0.4, 0.5) is 0 Å². The maximum Gasteiger partial charge on any atom is 0.311 e. The van der Waals surface area contributed by atoms with Gasteiger partial charge in [-0.1, -0.05) is 26.8 Å². The van der Waals surface area contributed by atoms with Crippen LogP contribution in [0.5, 0.6) is 0 Å². The number of aromatic nitrogens is 3. The van der Waals surface area contributed by atoms with Gasteiger partial charge >= 0.3 is 5.97 Å². The van der Waals surface area contributed by atoms with E-state index in [2.05, 4.69) is 10.1 Å². The first-order valence-corrected chi connectivity index (χ1v) is 7.38. The topological polar surface area (TPSA) is 68.0 Å². The van der Waals surface area contributed by atoms with Crippen LogP contribution >= 0.6 is 0 Å². The normalized spacial score (nSPS) is 13.1. The van der Waals surface area contributed by atoms with E-state index in [1.807, 2.05) is 57.5 Å². The molecule has 0 saturated carbocycles. The lowest BCUT2D eigenvalue weighted by atomic mass is 9.76. The van der Waals surface area contributed by atoms with E-state index in [-0.39, 0.29) is 5.41 Å². The molecule has 0 aliphatic carbocycles. The molecule has 2 heterocycles. The van der Waals surface area contributed by atoms with Crippen molar-refractivity contribution in [1.29, 1.82) is 0 Å². The molecule has 2 aromatic heterocycles. The number of carboxylic acid groups (broad SMARTS) is 1. The van der Waals surface area contributed by atoms with Crippen LogP contribution in [0.3, 0.4) is 0 Å². The monoisotopic (exact) mass is 301 g/mol. The van der Waals surface area contributed by atoms with Gasteiger partial charge in [0.2, 0.25) is 0 Å². The second-order valence-corrected chi connectivity index (χ2v) is 6.70. The summed E-state index contributed by atoms with van der Waals surface area (Å²) in [6, 6.07) is 5.74. The minimum absolute atomic E-state index is 0.375. The molecule has 0 bridgehead atoms. The van der Waals surface area contributed by atoms with Crippen LogP contribution in [0.2, 0.25) is 0 Å². The van der Waals surface area contributed by atoms with E-state index in [4.69, 9.17) is 0 Å². The number of nitrogens with zero attached hydrogens (tertiary/aromatic N) is 3. The quantitative estimate of drug-likeness (QED) is 0.942. The Bertz CT molecular complexity index is 669. The van der Waals surface area contributed by atoms with Crippen molar-refractivity contribution in [2.75, 3.05) is 0 Å². The average Bonchev–Trinajstić information content (AvgIpc) is 2.66. The summed E-state index contributed by atoms with van der Waals surface area (Å²) in [5.74, 6) is -1.39. The van der Waals surface area contributed by atoms with Crippen molar-refractivity contribution in [1.82, 2.24) is 14.8 Å². The summed E-state index contributed by atoms with van der Waals surface area (Å²) in [6.45, 7) is 10.2. The largest absolute Gasteiger partial charge is 0.481 e. The van der Waals surface area contributed by atoms with Gasteiger partial charge in [-0.15, -0.1) is 0 Å². The Kier molecular flexibility index (Phi) is 4.35. The molecule has 0 saturated heterocycles. The highest BCUT2D eigenvalue weighted by Gasteiger charge is 2.36. The fourth-order valence-corrected chi connectivity index (χ4v) is 2.85. The van der Waals surface area contributed by atoms with E-state index in [1.165, 1.54) is 0 Å². The smallest absolute Gasteiger partial charge is 0.311 e. The van der Waals surface area contributed by atoms with Gasteiger partial charge in [0.05, 0.1) is 23.9 Å². The number of aryl methyl sites for hydroxylation is 1. The second kappa shape index (κ2) is 5.91. The molecule has 0 amide bonds. The van der Waals surface area contributed by atoms with Gasteiger partial charge < -0.3 is 5.11 Å². The summed E-state index contributed by atoms with van der Waals surface area (Å²) in [6.07, 6.45) is 1.75. The summed E-state index contributed by atoms with van der Waals surface area (Å²) in [4.78, 5) is 16.1. The molecular formula is C17H23N3O2. The minimum atomic E-state index is -0.809. The Balaban J connectivity index is 2.44. The molecule has 2 aromatic rings. The molecule has 0 fully saturated rings. The predicted molar refractivity (Wildman–Crippen MR) is 84.9 cm³/mol. The standard InChI is InChI=1S/C17H23N3O2/c1-11-14(15(16(21)22)17(3,4)5)12(2)20(19-11)10-13-8-6-7-9-18-13/h6-9,15H,10H2,1-5H3,(H,21,22). The highest BCUT2D eigenvalue weighted by Crippen LogP contribution is 2.38. The molecule has 1 atom stereocenters. The summed E-state index contributed by atoms with van der Waals surface area (Å²) >= 11 is 0. The fourth-order valence-electron chi connectivity index (χ4n) is 2.85. The van der Waals surface area contributed by atoms with E-state index in [0.717, 1.165) is 22.6 Å². The van der Waals surface area contributed by atoms with Crippen LogP contribution in [0, 0.1) is 19.3 Å². The molecule has 1 N–H and O–H groups in total. The van der Waals surface area contributed by atoms with E-state index in [9.17, 15) is 9.90 Å². The van der Waals surface area contributed by atoms with Crippen molar-refractivity contribution in [3.63, 3.8) is 0 Å². The summed E-state index contributed by atoms with van der Waals surface area (Å²) in [5.41, 5.74) is 3.01. The van der Waals surface area contributed by atoms with Gasteiger partial charge in [0.15, 0.2) is 0 Å².